The molecule has 0 spiro atoms. The molecule has 1 saturated heterocycles. The third-order valence-electron chi connectivity index (χ3n) is 2.65. The van der Waals surface area contributed by atoms with E-state index in [9.17, 15) is 4.79 Å². The van der Waals surface area contributed by atoms with Crippen LogP contribution in [0.25, 0.3) is 0 Å². The summed E-state index contributed by atoms with van der Waals surface area (Å²) in [6.45, 7) is 3.08. The second-order valence-electron chi connectivity index (χ2n) is 4.02. The lowest BCUT2D eigenvalue weighted by atomic mass is 10.3. The molecule has 0 aromatic carbocycles. The molecule has 0 bridgehead atoms. The van der Waals surface area contributed by atoms with Gasteiger partial charge in [-0.15, -0.1) is 0 Å². The van der Waals surface area contributed by atoms with E-state index in [0.717, 1.165) is 5.56 Å². The summed E-state index contributed by atoms with van der Waals surface area (Å²) in [7, 11) is 1.71. The van der Waals surface area contributed by atoms with Crippen molar-refractivity contribution in [2.45, 2.75) is 19.6 Å². The highest BCUT2D eigenvalue weighted by atomic mass is 16.7. The van der Waals surface area contributed by atoms with Gasteiger partial charge < -0.3 is 9.47 Å². The lowest BCUT2D eigenvalue weighted by Gasteiger charge is -2.18. The Morgan fingerprint density at radius 1 is 1.53 bits per heavy atom. The van der Waals surface area contributed by atoms with Crippen LogP contribution in [0.4, 0.5) is 5.82 Å². The van der Waals surface area contributed by atoms with Crippen molar-refractivity contribution in [3.63, 3.8) is 0 Å². The summed E-state index contributed by atoms with van der Waals surface area (Å²) >= 11 is 0. The number of rotatable bonds is 3. The SMILES string of the molecule is Cc1ccnc(N(C)C(=O)CC2OCCO2)c1. The first-order valence-corrected chi connectivity index (χ1v) is 5.59. The number of ether oxygens (including phenoxy) is 2. The first-order chi connectivity index (χ1) is 8.16. The van der Waals surface area contributed by atoms with Crippen molar-refractivity contribution < 1.29 is 14.3 Å². The van der Waals surface area contributed by atoms with Gasteiger partial charge in [-0.25, -0.2) is 4.98 Å². The summed E-state index contributed by atoms with van der Waals surface area (Å²) in [6.07, 6.45) is 1.51. The van der Waals surface area contributed by atoms with Gasteiger partial charge in [0.15, 0.2) is 6.29 Å². The van der Waals surface area contributed by atoms with Crippen molar-refractivity contribution in [1.82, 2.24) is 4.98 Å². The maximum Gasteiger partial charge on any atom is 0.232 e. The third kappa shape index (κ3) is 3.01. The van der Waals surface area contributed by atoms with Crippen LogP contribution in [0.15, 0.2) is 18.3 Å². The summed E-state index contributed by atoms with van der Waals surface area (Å²) in [4.78, 5) is 17.6. The average molecular weight is 236 g/mol. The maximum absolute atomic E-state index is 11.9. The number of pyridine rings is 1. The Kier molecular flexibility index (Phi) is 3.71. The van der Waals surface area contributed by atoms with Crippen LogP contribution in [0.3, 0.4) is 0 Å². The molecule has 17 heavy (non-hydrogen) atoms. The first kappa shape index (κ1) is 12.0. The predicted octanol–water partition coefficient (Wildman–Crippen LogP) is 1.12. The van der Waals surface area contributed by atoms with Crippen LogP contribution < -0.4 is 4.90 Å². The highest BCUT2D eigenvalue weighted by molar-refractivity contribution is 5.92. The normalized spacial score (nSPS) is 16.1. The molecule has 1 aliphatic heterocycles. The molecule has 2 heterocycles. The Morgan fingerprint density at radius 3 is 2.88 bits per heavy atom. The number of anilines is 1. The second-order valence-corrected chi connectivity index (χ2v) is 4.02. The number of hydrogen-bond donors (Lipinski definition) is 0. The van der Waals surface area contributed by atoms with Crippen molar-refractivity contribution in [3.8, 4) is 0 Å². The molecule has 5 nitrogen and oxygen atoms in total. The fraction of sp³-hybridized carbons (Fsp3) is 0.500. The monoisotopic (exact) mass is 236 g/mol. The molecule has 0 atom stereocenters. The number of amides is 1. The van der Waals surface area contributed by atoms with Gasteiger partial charge >= 0.3 is 0 Å². The standard InChI is InChI=1S/C12H16N2O3/c1-9-3-4-13-10(7-9)14(2)11(15)8-12-16-5-6-17-12/h3-4,7,12H,5-6,8H2,1-2H3. The van der Waals surface area contributed by atoms with Gasteiger partial charge in [-0.05, 0) is 24.6 Å². The van der Waals surface area contributed by atoms with E-state index < -0.39 is 6.29 Å². The number of nitrogens with zero attached hydrogens (tertiary/aromatic N) is 2. The van der Waals surface area contributed by atoms with Crippen molar-refractivity contribution in [3.05, 3.63) is 23.9 Å². The summed E-state index contributed by atoms with van der Waals surface area (Å²) in [5.41, 5.74) is 1.07. The molecular weight excluding hydrogens is 220 g/mol. The zero-order valence-electron chi connectivity index (χ0n) is 10.0. The zero-order valence-corrected chi connectivity index (χ0v) is 10.0. The molecule has 1 amide bonds. The molecule has 1 aliphatic rings. The van der Waals surface area contributed by atoms with E-state index in [1.54, 1.807) is 13.2 Å². The van der Waals surface area contributed by atoms with Crippen molar-refractivity contribution in [2.24, 2.45) is 0 Å². The van der Waals surface area contributed by atoms with E-state index in [4.69, 9.17) is 9.47 Å². The molecular formula is C12H16N2O3. The average Bonchev–Trinajstić information content (AvgIpc) is 2.80. The smallest absolute Gasteiger partial charge is 0.232 e. The number of aryl methyl sites for hydroxylation is 1. The van der Waals surface area contributed by atoms with E-state index in [1.807, 2.05) is 19.1 Å². The molecule has 5 heteroatoms. The predicted molar refractivity (Wildman–Crippen MR) is 62.7 cm³/mol. The lowest BCUT2D eigenvalue weighted by Crippen LogP contribution is -2.30. The quantitative estimate of drug-likeness (QED) is 0.789. The minimum absolute atomic E-state index is 0.0602. The Hall–Kier alpha value is -1.46. The van der Waals surface area contributed by atoms with Gasteiger partial charge in [-0.1, -0.05) is 0 Å². The number of carbonyl (C=O) groups excluding carboxylic acids is 1. The molecule has 0 radical (unpaired) electrons. The van der Waals surface area contributed by atoms with E-state index in [-0.39, 0.29) is 12.3 Å². The summed E-state index contributed by atoms with van der Waals surface area (Å²) in [6, 6.07) is 3.76. The zero-order chi connectivity index (χ0) is 12.3. The Labute approximate surface area is 100 Å². The van der Waals surface area contributed by atoms with E-state index in [1.165, 1.54) is 4.90 Å². The molecule has 0 unspecified atom stereocenters. The van der Waals surface area contributed by atoms with Gasteiger partial charge in [0.2, 0.25) is 5.91 Å². The van der Waals surface area contributed by atoms with Crippen molar-refractivity contribution >= 4 is 11.7 Å². The molecule has 0 N–H and O–H groups in total. The van der Waals surface area contributed by atoms with Crippen LogP contribution in [-0.4, -0.2) is 37.4 Å². The van der Waals surface area contributed by atoms with Gasteiger partial charge in [-0.2, -0.15) is 0 Å². The van der Waals surface area contributed by atoms with E-state index in [0.29, 0.717) is 19.0 Å². The fourth-order valence-corrected chi connectivity index (χ4v) is 1.64. The number of aromatic nitrogens is 1. The van der Waals surface area contributed by atoms with Crippen molar-refractivity contribution in [1.29, 1.82) is 0 Å². The fourth-order valence-electron chi connectivity index (χ4n) is 1.64. The van der Waals surface area contributed by atoms with Crippen LogP contribution in [-0.2, 0) is 14.3 Å². The van der Waals surface area contributed by atoms with Crippen LogP contribution in [0.1, 0.15) is 12.0 Å². The Bertz CT molecular complexity index is 402. The third-order valence-corrected chi connectivity index (χ3v) is 2.65. The lowest BCUT2D eigenvalue weighted by molar-refractivity contribution is -0.126. The summed E-state index contributed by atoms with van der Waals surface area (Å²) in [5, 5.41) is 0. The number of hydrogen-bond acceptors (Lipinski definition) is 4. The van der Waals surface area contributed by atoms with Crippen LogP contribution in [0, 0.1) is 6.92 Å². The molecule has 0 saturated carbocycles. The van der Waals surface area contributed by atoms with Gasteiger partial charge in [0.05, 0.1) is 19.6 Å². The van der Waals surface area contributed by atoms with Gasteiger partial charge in [0, 0.05) is 13.2 Å². The molecule has 2 rings (SSSR count). The van der Waals surface area contributed by atoms with Gasteiger partial charge in [0.25, 0.3) is 0 Å². The molecule has 0 aliphatic carbocycles. The van der Waals surface area contributed by atoms with Crippen LogP contribution >= 0.6 is 0 Å². The van der Waals surface area contributed by atoms with Crippen molar-refractivity contribution in [2.75, 3.05) is 25.2 Å². The van der Waals surface area contributed by atoms with E-state index >= 15 is 0 Å². The van der Waals surface area contributed by atoms with Crippen LogP contribution in [0.2, 0.25) is 0 Å². The van der Waals surface area contributed by atoms with Gasteiger partial charge in [0.1, 0.15) is 5.82 Å². The number of carbonyl (C=O) groups is 1. The minimum atomic E-state index is -0.408. The molecule has 1 aromatic heterocycles. The topological polar surface area (TPSA) is 51.7 Å². The summed E-state index contributed by atoms with van der Waals surface area (Å²) < 4.78 is 10.5. The maximum atomic E-state index is 11.9. The van der Waals surface area contributed by atoms with Gasteiger partial charge in [-0.3, -0.25) is 9.69 Å². The molecule has 1 fully saturated rings. The second kappa shape index (κ2) is 5.25. The molecule has 1 aromatic rings. The molecule has 92 valence electrons. The highest BCUT2D eigenvalue weighted by Crippen LogP contribution is 2.14. The highest BCUT2D eigenvalue weighted by Gasteiger charge is 2.22. The Balaban J connectivity index is 1.98. The Morgan fingerprint density at radius 2 is 2.24 bits per heavy atom. The first-order valence-electron chi connectivity index (χ1n) is 5.59. The van der Waals surface area contributed by atoms with Crippen LogP contribution in [0.5, 0.6) is 0 Å². The summed E-state index contributed by atoms with van der Waals surface area (Å²) in [5.74, 6) is 0.586. The largest absolute Gasteiger partial charge is 0.350 e. The minimum Gasteiger partial charge on any atom is -0.350 e. The van der Waals surface area contributed by atoms with E-state index in [2.05, 4.69) is 4.98 Å².